The molecule has 1 fully saturated rings. The summed E-state index contributed by atoms with van der Waals surface area (Å²) in [5, 5.41) is 0. The Morgan fingerprint density at radius 2 is 1.46 bits per heavy atom. The van der Waals surface area contributed by atoms with Gasteiger partial charge in [-0.1, -0.05) is 29.8 Å². The molecule has 1 aliphatic rings. The number of ether oxygens (including phenoxy) is 1. The maximum atomic E-state index is 12.4. The third-order valence-corrected chi connectivity index (χ3v) is 4.66. The minimum absolute atomic E-state index is 0.00968. The van der Waals surface area contributed by atoms with Gasteiger partial charge in [0, 0.05) is 51.7 Å². The lowest BCUT2D eigenvalue weighted by molar-refractivity contribution is -0.134. The van der Waals surface area contributed by atoms with E-state index in [1.165, 1.54) is 0 Å². The molecule has 142 valence electrons. The molecule has 1 saturated heterocycles. The number of hydrogen-bond acceptors (Lipinski definition) is 4. The second kappa shape index (κ2) is 10.1. The van der Waals surface area contributed by atoms with E-state index in [0.717, 1.165) is 12.0 Å². The number of benzene rings is 1. The molecule has 2 rings (SSSR count). The lowest BCUT2D eigenvalue weighted by atomic mass is 10.0. The molecule has 2 amide bonds. The molecule has 1 aromatic rings. The lowest BCUT2D eigenvalue weighted by Crippen LogP contribution is -2.37. The number of carbonyl (C=O) groups excluding carboxylic acids is 3. The Kier molecular flexibility index (Phi) is 7.78. The van der Waals surface area contributed by atoms with Crippen molar-refractivity contribution in [2.24, 2.45) is 0 Å². The Labute approximate surface area is 155 Å². The van der Waals surface area contributed by atoms with Crippen LogP contribution in [0.4, 0.5) is 0 Å². The first kappa shape index (κ1) is 20.1. The average molecular weight is 360 g/mol. The summed E-state index contributed by atoms with van der Waals surface area (Å²) in [6.45, 7) is 4.75. The second-order valence-electron chi connectivity index (χ2n) is 6.65. The van der Waals surface area contributed by atoms with Crippen LogP contribution in [-0.2, 0) is 14.3 Å². The van der Waals surface area contributed by atoms with Crippen LogP contribution in [0.5, 0.6) is 0 Å². The fourth-order valence-corrected chi connectivity index (χ4v) is 3.03. The molecule has 6 heteroatoms. The quantitative estimate of drug-likeness (QED) is 0.698. The number of Topliss-reactive ketones (excluding diaryl/α,β-unsaturated/α-hetero) is 1. The molecule has 0 atom stereocenters. The zero-order valence-electron chi connectivity index (χ0n) is 15.7. The van der Waals surface area contributed by atoms with E-state index in [1.54, 1.807) is 29.0 Å². The van der Waals surface area contributed by atoms with Crippen molar-refractivity contribution < 1.29 is 19.1 Å². The molecule has 26 heavy (non-hydrogen) atoms. The summed E-state index contributed by atoms with van der Waals surface area (Å²) in [7, 11) is 1.58. The standard InChI is InChI=1S/C20H28N2O4/c1-16-4-6-17(7-5-16)18(23)8-9-19(24)21-11-3-12-22(14-13-21)20(25)10-15-26-2/h4-7H,3,8-15H2,1-2H3. The summed E-state index contributed by atoms with van der Waals surface area (Å²) in [5.74, 6) is 0.0388. The minimum Gasteiger partial charge on any atom is -0.384 e. The molecule has 0 spiro atoms. The molecule has 6 nitrogen and oxygen atoms in total. The highest BCUT2D eigenvalue weighted by Crippen LogP contribution is 2.11. The van der Waals surface area contributed by atoms with E-state index in [1.807, 2.05) is 19.1 Å². The second-order valence-corrected chi connectivity index (χ2v) is 6.65. The topological polar surface area (TPSA) is 66.9 Å². The number of rotatable bonds is 7. The van der Waals surface area contributed by atoms with Gasteiger partial charge in [0.2, 0.25) is 11.8 Å². The van der Waals surface area contributed by atoms with Gasteiger partial charge < -0.3 is 14.5 Å². The number of nitrogens with zero attached hydrogens (tertiary/aromatic N) is 2. The number of hydrogen-bond donors (Lipinski definition) is 0. The molecule has 1 heterocycles. The molecule has 0 aliphatic carbocycles. The largest absolute Gasteiger partial charge is 0.384 e. The van der Waals surface area contributed by atoms with Gasteiger partial charge in [-0.25, -0.2) is 0 Å². The average Bonchev–Trinajstić information content (AvgIpc) is 2.90. The maximum Gasteiger partial charge on any atom is 0.224 e. The van der Waals surface area contributed by atoms with Crippen LogP contribution in [0.3, 0.4) is 0 Å². The fraction of sp³-hybridized carbons (Fsp3) is 0.550. The van der Waals surface area contributed by atoms with Gasteiger partial charge >= 0.3 is 0 Å². The Morgan fingerprint density at radius 3 is 2.04 bits per heavy atom. The monoisotopic (exact) mass is 360 g/mol. The van der Waals surface area contributed by atoms with Crippen molar-refractivity contribution in [2.45, 2.75) is 32.6 Å². The van der Waals surface area contributed by atoms with Crippen molar-refractivity contribution in [1.29, 1.82) is 0 Å². The predicted molar refractivity (Wildman–Crippen MR) is 99.0 cm³/mol. The van der Waals surface area contributed by atoms with Gasteiger partial charge in [-0.2, -0.15) is 0 Å². The molecule has 0 aromatic heterocycles. The van der Waals surface area contributed by atoms with Crippen molar-refractivity contribution in [2.75, 3.05) is 39.9 Å². The highest BCUT2D eigenvalue weighted by molar-refractivity contribution is 5.98. The molecule has 0 radical (unpaired) electrons. The van der Waals surface area contributed by atoms with E-state index >= 15 is 0 Å². The summed E-state index contributed by atoms with van der Waals surface area (Å²) >= 11 is 0. The van der Waals surface area contributed by atoms with Gasteiger partial charge in [0.05, 0.1) is 13.0 Å². The third kappa shape index (κ3) is 5.95. The minimum atomic E-state index is -0.0170. The highest BCUT2D eigenvalue weighted by Gasteiger charge is 2.22. The van der Waals surface area contributed by atoms with Gasteiger partial charge in [-0.05, 0) is 13.3 Å². The van der Waals surface area contributed by atoms with Crippen molar-refractivity contribution in [3.63, 3.8) is 0 Å². The summed E-state index contributed by atoms with van der Waals surface area (Å²) in [4.78, 5) is 40.3. The molecule has 1 aliphatic heterocycles. The van der Waals surface area contributed by atoms with E-state index in [2.05, 4.69) is 0 Å². The van der Waals surface area contributed by atoms with Crippen LogP contribution >= 0.6 is 0 Å². The Balaban J connectivity index is 1.79. The molecular formula is C20H28N2O4. The van der Waals surface area contributed by atoms with E-state index in [9.17, 15) is 14.4 Å². The lowest BCUT2D eigenvalue weighted by Gasteiger charge is -2.22. The number of methoxy groups -OCH3 is 1. The first-order valence-electron chi connectivity index (χ1n) is 9.15. The summed E-state index contributed by atoms with van der Waals surface area (Å²) in [6, 6.07) is 7.41. The predicted octanol–water partition coefficient (Wildman–Crippen LogP) is 2.06. The van der Waals surface area contributed by atoms with Crippen molar-refractivity contribution >= 4 is 17.6 Å². The molecule has 0 saturated carbocycles. The SMILES string of the molecule is COCCC(=O)N1CCCN(C(=O)CCC(=O)c2ccc(C)cc2)CC1. The van der Waals surface area contributed by atoms with E-state index in [4.69, 9.17) is 4.74 Å². The number of amides is 2. The van der Waals surface area contributed by atoms with E-state index < -0.39 is 0 Å². The van der Waals surface area contributed by atoms with Crippen LogP contribution in [-0.4, -0.2) is 67.3 Å². The van der Waals surface area contributed by atoms with Crippen molar-refractivity contribution in [1.82, 2.24) is 9.80 Å². The molecular weight excluding hydrogens is 332 g/mol. The number of carbonyl (C=O) groups is 3. The van der Waals surface area contributed by atoms with Crippen LogP contribution in [0.15, 0.2) is 24.3 Å². The number of ketones is 1. The van der Waals surface area contributed by atoms with Crippen LogP contribution < -0.4 is 0 Å². The molecule has 1 aromatic carbocycles. The van der Waals surface area contributed by atoms with Gasteiger partial charge in [0.1, 0.15) is 0 Å². The van der Waals surface area contributed by atoms with Crippen molar-refractivity contribution in [3.05, 3.63) is 35.4 Å². The smallest absolute Gasteiger partial charge is 0.224 e. The first-order chi connectivity index (χ1) is 12.5. The molecule has 0 unspecified atom stereocenters. The zero-order chi connectivity index (χ0) is 18.9. The van der Waals surface area contributed by atoms with Crippen LogP contribution in [0.2, 0.25) is 0 Å². The normalized spacial score (nSPS) is 14.8. The van der Waals surface area contributed by atoms with Gasteiger partial charge in [0.25, 0.3) is 0 Å². The zero-order valence-corrected chi connectivity index (χ0v) is 15.7. The van der Waals surface area contributed by atoms with E-state index in [0.29, 0.717) is 44.8 Å². The van der Waals surface area contributed by atoms with Gasteiger partial charge in [-0.15, -0.1) is 0 Å². The Morgan fingerprint density at radius 1 is 0.885 bits per heavy atom. The highest BCUT2D eigenvalue weighted by atomic mass is 16.5. The summed E-state index contributed by atoms with van der Waals surface area (Å²) < 4.78 is 4.95. The van der Waals surface area contributed by atoms with Crippen LogP contribution in [0, 0.1) is 6.92 Å². The number of aryl methyl sites for hydroxylation is 1. The van der Waals surface area contributed by atoms with Gasteiger partial charge in [-0.3, -0.25) is 14.4 Å². The maximum absolute atomic E-state index is 12.4. The fourth-order valence-electron chi connectivity index (χ4n) is 3.03. The Hall–Kier alpha value is -2.21. The van der Waals surface area contributed by atoms with Crippen LogP contribution in [0.25, 0.3) is 0 Å². The Bertz CT molecular complexity index is 627. The molecule has 0 bridgehead atoms. The third-order valence-electron chi connectivity index (χ3n) is 4.66. The van der Waals surface area contributed by atoms with E-state index in [-0.39, 0.29) is 30.4 Å². The summed E-state index contributed by atoms with van der Waals surface area (Å²) in [5.41, 5.74) is 1.75. The van der Waals surface area contributed by atoms with Crippen molar-refractivity contribution in [3.8, 4) is 0 Å². The first-order valence-corrected chi connectivity index (χ1v) is 9.15. The summed E-state index contributed by atoms with van der Waals surface area (Å²) in [6.07, 6.45) is 1.56. The molecule has 0 N–H and O–H groups in total. The van der Waals surface area contributed by atoms with Gasteiger partial charge in [0.15, 0.2) is 5.78 Å². The van der Waals surface area contributed by atoms with Crippen LogP contribution in [0.1, 0.15) is 41.6 Å².